The van der Waals surface area contributed by atoms with Crippen LogP contribution in [0.1, 0.15) is 34.6 Å². The molecule has 6 nitrogen and oxygen atoms in total. The first-order valence-electron chi connectivity index (χ1n) is 5.58. The number of oxime groups is 1. The highest BCUT2D eigenvalue weighted by atomic mass is 16.5. The second-order valence-corrected chi connectivity index (χ2v) is 5.22. The van der Waals surface area contributed by atoms with E-state index in [4.69, 9.17) is 15.7 Å². The lowest BCUT2D eigenvalue weighted by Gasteiger charge is -2.23. The predicted octanol–water partition coefficient (Wildman–Crippen LogP) is 0.689. The zero-order valence-corrected chi connectivity index (χ0v) is 11.2. The fraction of sp³-hybridized carbons (Fsp3) is 0.818. The van der Waals surface area contributed by atoms with Gasteiger partial charge in [-0.15, -0.1) is 0 Å². The Bertz CT molecular complexity index is 282. The van der Waals surface area contributed by atoms with Crippen LogP contribution in [0.15, 0.2) is 5.16 Å². The molecule has 0 aliphatic carbocycles. The third-order valence-electron chi connectivity index (χ3n) is 2.05. The number of hydrogen-bond donors (Lipinski definition) is 3. The van der Waals surface area contributed by atoms with Gasteiger partial charge >= 0.3 is 0 Å². The van der Waals surface area contributed by atoms with Gasteiger partial charge in [-0.25, -0.2) is 0 Å². The van der Waals surface area contributed by atoms with E-state index in [1.807, 2.05) is 34.6 Å². The molecule has 0 rings (SSSR count). The number of nitrogens with one attached hydrogen (secondary N) is 1. The summed E-state index contributed by atoms with van der Waals surface area (Å²) in [5.41, 5.74) is 5.12. The molecule has 0 saturated carbocycles. The molecular weight excluding hydrogens is 222 g/mol. The minimum absolute atomic E-state index is 0.0101. The van der Waals surface area contributed by atoms with Crippen molar-refractivity contribution in [2.75, 3.05) is 6.61 Å². The van der Waals surface area contributed by atoms with Gasteiger partial charge in [-0.3, -0.25) is 4.79 Å². The van der Waals surface area contributed by atoms with Crippen LogP contribution < -0.4 is 11.1 Å². The van der Waals surface area contributed by atoms with Gasteiger partial charge in [0.25, 0.3) is 0 Å². The maximum Gasteiger partial charge on any atom is 0.246 e. The van der Waals surface area contributed by atoms with Crippen LogP contribution in [0.5, 0.6) is 0 Å². The molecule has 0 aromatic heterocycles. The zero-order chi connectivity index (χ0) is 13.6. The summed E-state index contributed by atoms with van der Waals surface area (Å²) < 4.78 is 5.33. The molecule has 1 unspecified atom stereocenters. The molecule has 6 heteroatoms. The van der Waals surface area contributed by atoms with Gasteiger partial charge in [0, 0.05) is 0 Å². The van der Waals surface area contributed by atoms with Crippen LogP contribution in [0.3, 0.4) is 0 Å². The highest BCUT2D eigenvalue weighted by Gasteiger charge is 2.21. The molecular formula is C11H23N3O3. The first-order valence-corrected chi connectivity index (χ1v) is 5.58. The van der Waals surface area contributed by atoms with Gasteiger partial charge in [0.1, 0.15) is 6.61 Å². The first kappa shape index (κ1) is 15.7. The van der Waals surface area contributed by atoms with E-state index in [0.29, 0.717) is 0 Å². The second kappa shape index (κ2) is 6.44. The molecule has 0 aromatic carbocycles. The Labute approximate surface area is 102 Å². The lowest BCUT2D eigenvalue weighted by Crippen LogP contribution is -2.49. The van der Waals surface area contributed by atoms with Crippen LogP contribution in [-0.2, 0) is 9.53 Å². The van der Waals surface area contributed by atoms with Crippen LogP contribution in [0.25, 0.3) is 0 Å². The van der Waals surface area contributed by atoms with Crippen molar-refractivity contribution in [1.82, 2.24) is 5.32 Å². The van der Waals surface area contributed by atoms with Crippen LogP contribution in [0, 0.1) is 5.92 Å². The number of ether oxygens (including phenoxy) is 1. The molecule has 0 aliphatic rings. The summed E-state index contributed by atoms with van der Waals surface area (Å²) in [4.78, 5) is 11.6. The average molecular weight is 245 g/mol. The number of hydrogen-bond acceptors (Lipinski definition) is 4. The number of amidine groups is 1. The number of carbonyl (C=O) groups excluding carboxylic acids is 1. The third-order valence-corrected chi connectivity index (χ3v) is 2.05. The Morgan fingerprint density at radius 1 is 1.47 bits per heavy atom. The summed E-state index contributed by atoms with van der Waals surface area (Å²) in [6, 6.07) is -0.490. The molecule has 100 valence electrons. The summed E-state index contributed by atoms with van der Waals surface area (Å²) in [6.45, 7) is 9.28. The lowest BCUT2D eigenvalue weighted by molar-refractivity contribution is -0.131. The van der Waals surface area contributed by atoms with Crippen molar-refractivity contribution in [2.45, 2.75) is 46.3 Å². The predicted molar refractivity (Wildman–Crippen MR) is 65.9 cm³/mol. The van der Waals surface area contributed by atoms with E-state index in [1.54, 1.807) is 0 Å². The van der Waals surface area contributed by atoms with Crippen molar-refractivity contribution in [2.24, 2.45) is 16.8 Å². The molecule has 0 aromatic rings. The fourth-order valence-corrected chi connectivity index (χ4v) is 1.14. The van der Waals surface area contributed by atoms with Gasteiger partial charge in [0.2, 0.25) is 5.91 Å². The van der Waals surface area contributed by atoms with Crippen LogP contribution >= 0.6 is 0 Å². The zero-order valence-electron chi connectivity index (χ0n) is 11.2. The van der Waals surface area contributed by atoms with Crippen molar-refractivity contribution < 1.29 is 14.7 Å². The molecule has 4 N–H and O–H groups in total. The summed E-state index contributed by atoms with van der Waals surface area (Å²) in [7, 11) is 0. The molecule has 0 fully saturated rings. The molecule has 0 bridgehead atoms. The normalized spacial score (nSPS) is 14.8. The van der Waals surface area contributed by atoms with Crippen molar-refractivity contribution in [3.63, 3.8) is 0 Å². The molecule has 0 saturated heterocycles. The van der Waals surface area contributed by atoms with Gasteiger partial charge in [0.05, 0.1) is 11.6 Å². The van der Waals surface area contributed by atoms with E-state index >= 15 is 0 Å². The molecule has 17 heavy (non-hydrogen) atoms. The third kappa shape index (κ3) is 6.78. The SMILES string of the molecule is CC(C)C(NC(=O)COC(C)(C)C)C(N)=NO. The van der Waals surface area contributed by atoms with E-state index in [9.17, 15) is 4.79 Å². The second-order valence-electron chi connectivity index (χ2n) is 5.22. The Morgan fingerprint density at radius 2 is 2.00 bits per heavy atom. The highest BCUT2D eigenvalue weighted by Crippen LogP contribution is 2.06. The summed E-state index contributed by atoms with van der Waals surface area (Å²) in [5.74, 6) is -0.265. The van der Waals surface area contributed by atoms with Crippen LogP contribution in [0.4, 0.5) is 0 Å². The van der Waals surface area contributed by atoms with Gasteiger partial charge in [-0.05, 0) is 26.7 Å². The van der Waals surface area contributed by atoms with Crippen molar-refractivity contribution in [3.05, 3.63) is 0 Å². The van der Waals surface area contributed by atoms with E-state index < -0.39 is 6.04 Å². The molecule has 0 aliphatic heterocycles. The monoisotopic (exact) mass is 245 g/mol. The summed E-state index contributed by atoms with van der Waals surface area (Å²) in [5, 5.41) is 14.2. The molecule has 0 spiro atoms. The Hall–Kier alpha value is -1.30. The van der Waals surface area contributed by atoms with Crippen molar-refractivity contribution in [1.29, 1.82) is 0 Å². The number of carbonyl (C=O) groups is 1. The highest BCUT2D eigenvalue weighted by molar-refractivity contribution is 5.90. The van der Waals surface area contributed by atoms with Crippen molar-refractivity contribution >= 4 is 11.7 Å². The Balaban J connectivity index is 4.33. The van der Waals surface area contributed by atoms with E-state index in [1.165, 1.54) is 0 Å². The van der Waals surface area contributed by atoms with Crippen molar-refractivity contribution in [3.8, 4) is 0 Å². The number of nitrogens with two attached hydrogens (primary N) is 1. The smallest absolute Gasteiger partial charge is 0.246 e. The molecule has 1 amide bonds. The van der Waals surface area contributed by atoms with Gasteiger partial charge in [-0.2, -0.15) is 0 Å². The molecule has 0 heterocycles. The van der Waals surface area contributed by atoms with E-state index in [2.05, 4.69) is 10.5 Å². The fourth-order valence-electron chi connectivity index (χ4n) is 1.14. The van der Waals surface area contributed by atoms with Crippen LogP contribution in [0.2, 0.25) is 0 Å². The minimum Gasteiger partial charge on any atom is -0.409 e. The first-order chi connectivity index (χ1) is 7.67. The summed E-state index contributed by atoms with van der Waals surface area (Å²) in [6.07, 6.45) is 0. The van der Waals surface area contributed by atoms with Gasteiger partial charge < -0.3 is 21.0 Å². The standard InChI is InChI=1S/C11H23N3O3/c1-7(2)9(10(12)14-16)13-8(15)6-17-11(3,4)5/h7,9,16H,6H2,1-5H3,(H2,12,14)(H,13,15). The lowest BCUT2D eigenvalue weighted by atomic mass is 10.0. The average Bonchev–Trinajstić information content (AvgIpc) is 2.20. The topological polar surface area (TPSA) is 96.9 Å². The van der Waals surface area contributed by atoms with Crippen LogP contribution in [-0.4, -0.2) is 35.2 Å². The molecule has 1 atom stereocenters. The Morgan fingerprint density at radius 3 is 2.35 bits per heavy atom. The quantitative estimate of drug-likeness (QED) is 0.287. The number of rotatable bonds is 5. The van der Waals surface area contributed by atoms with E-state index in [0.717, 1.165) is 0 Å². The van der Waals surface area contributed by atoms with Gasteiger partial charge in [0.15, 0.2) is 5.84 Å². The number of nitrogens with zero attached hydrogens (tertiary/aromatic N) is 1. The van der Waals surface area contributed by atoms with Gasteiger partial charge in [-0.1, -0.05) is 19.0 Å². The Kier molecular flexibility index (Phi) is 5.95. The maximum atomic E-state index is 11.6. The van der Waals surface area contributed by atoms with E-state index in [-0.39, 0.29) is 29.9 Å². The number of amides is 1. The molecule has 0 radical (unpaired) electrons. The minimum atomic E-state index is -0.490. The largest absolute Gasteiger partial charge is 0.409 e. The summed E-state index contributed by atoms with van der Waals surface area (Å²) >= 11 is 0. The maximum absolute atomic E-state index is 11.6.